The lowest BCUT2D eigenvalue weighted by molar-refractivity contribution is 0.269. The highest BCUT2D eigenvalue weighted by Crippen LogP contribution is 2.37. The second kappa shape index (κ2) is 6.63. The molecule has 2 aromatic carbocycles. The van der Waals surface area contributed by atoms with E-state index >= 15 is 0 Å². The molecule has 2 aromatic rings. The Bertz CT molecular complexity index is 836. The monoisotopic (exact) mass is 368 g/mol. The highest BCUT2D eigenvalue weighted by molar-refractivity contribution is 7.89. The predicted octanol–water partition coefficient (Wildman–Crippen LogP) is 3.49. The van der Waals surface area contributed by atoms with E-state index in [1.54, 1.807) is 0 Å². The van der Waals surface area contributed by atoms with Crippen LogP contribution in [0, 0.1) is 0 Å². The summed E-state index contributed by atoms with van der Waals surface area (Å²) in [6.07, 6.45) is 0. The van der Waals surface area contributed by atoms with Gasteiger partial charge in [-0.15, -0.1) is 0 Å². The van der Waals surface area contributed by atoms with Gasteiger partial charge in [0, 0.05) is 13.1 Å². The molecular formula is C17H21ClN2O3S. The number of halogens is 1. The molecule has 0 spiro atoms. The van der Waals surface area contributed by atoms with E-state index in [2.05, 4.69) is 0 Å². The Balaban J connectivity index is 2.57. The van der Waals surface area contributed by atoms with Crippen LogP contribution in [-0.2, 0) is 15.6 Å². The Kier molecular flexibility index (Phi) is 5.13. The van der Waals surface area contributed by atoms with E-state index in [1.807, 2.05) is 44.2 Å². The number of ether oxygens (including phenoxy) is 1. The maximum Gasteiger partial charge on any atom is 0.247 e. The van der Waals surface area contributed by atoms with E-state index < -0.39 is 15.6 Å². The molecule has 0 aliphatic heterocycles. The topological polar surface area (TPSA) is 72.6 Å². The SMILES string of the molecule is COc1cc(Cl)c(N)cc1S(=O)(=O)N(C)C(C)(C)c1ccccc1. The highest BCUT2D eigenvalue weighted by atomic mass is 35.5. The van der Waals surface area contributed by atoms with Crippen LogP contribution in [0.5, 0.6) is 5.75 Å². The van der Waals surface area contributed by atoms with Gasteiger partial charge in [-0.1, -0.05) is 41.9 Å². The number of hydrogen-bond acceptors (Lipinski definition) is 4. The zero-order chi connectivity index (χ0) is 18.1. The maximum atomic E-state index is 13.1. The van der Waals surface area contributed by atoms with Crippen molar-refractivity contribution in [2.24, 2.45) is 0 Å². The predicted molar refractivity (Wildman–Crippen MR) is 96.8 cm³/mol. The van der Waals surface area contributed by atoms with Crippen molar-refractivity contribution in [1.82, 2.24) is 4.31 Å². The number of nitrogen functional groups attached to an aromatic ring is 1. The van der Waals surface area contributed by atoms with Crippen LogP contribution >= 0.6 is 11.6 Å². The summed E-state index contributed by atoms with van der Waals surface area (Å²) >= 11 is 5.97. The van der Waals surface area contributed by atoms with Crippen LogP contribution in [0.15, 0.2) is 47.4 Å². The Morgan fingerprint density at radius 3 is 2.29 bits per heavy atom. The van der Waals surface area contributed by atoms with Crippen molar-refractivity contribution < 1.29 is 13.2 Å². The van der Waals surface area contributed by atoms with Crippen molar-refractivity contribution in [3.63, 3.8) is 0 Å². The molecule has 0 aliphatic carbocycles. The number of rotatable bonds is 5. The van der Waals surface area contributed by atoms with Gasteiger partial charge < -0.3 is 10.5 Å². The number of sulfonamides is 1. The Hall–Kier alpha value is -1.76. The Morgan fingerprint density at radius 2 is 1.75 bits per heavy atom. The van der Waals surface area contributed by atoms with Gasteiger partial charge in [0.05, 0.1) is 23.4 Å². The summed E-state index contributed by atoms with van der Waals surface area (Å²) in [6, 6.07) is 12.1. The number of methoxy groups -OCH3 is 1. The van der Waals surface area contributed by atoms with Crippen molar-refractivity contribution in [3.05, 3.63) is 53.1 Å². The van der Waals surface area contributed by atoms with Crippen LogP contribution in [0.3, 0.4) is 0 Å². The molecule has 0 radical (unpaired) electrons. The first-order valence-electron chi connectivity index (χ1n) is 7.30. The van der Waals surface area contributed by atoms with Crippen molar-refractivity contribution in [2.75, 3.05) is 19.9 Å². The summed E-state index contributed by atoms with van der Waals surface area (Å²) in [7, 11) is -0.931. The fourth-order valence-electron chi connectivity index (χ4n) is 2.39. The van der Waals surface area contributed by atoms with E-state index in [0.717, 1.165) is 5.56 Å². The maximum absolute atomic E-state index is 13.1. The molecule has 0 aliphatic rings. The molecule has 0 aromatic heterocycles. The smallest absolute Gasteiger partial charge is 0.247 e. The fraction of sp³-hybridized carbons (Fsp3) is 0.294. The Morgan fingerprint density at radius 1 is 1.17 bits per heavy atom. The molecule has 24 heavy (non-hydrogen) atoms. The average molecular weight is 369 g/mol. The fourth-order valence-corrected chi connectivity index (χ4v) is 4.22. The second-order valence-corrected chi connectivity index (χ2v) is 8.27. The molecule has 0 amide bonds. The molecular weight excluding hydrogens is 348 g/mol. The lowest BCUT2D eigenvalue weighted by Gasteiger charge is -2.35. The molecule has 0 heterocycles. The molecule has 0 unspecified atom stereocenters. The van der Waals surface area contributed by atoms with Crippen molar-refractivity contribution in [1.29, 1.82) is 0 Å². The summed E-state index contributed by atoms with van der Waals surface area (Å²) in [4.78, 5) is -0.0154. The normalized spacial score (nSPS) is 12.4. The van der Waals surface area contributed by atoms with Gasteiger partial charge in [-0.2, -0.15) is 4.31 Å². The number of hydrogen-bond donors (Lipinski definition) is 1. The van der Waals surface area contributed by atoms with Crippen LogP contribution in [0.25, 0.3) is 0 Å². The van der Waals surface area contributed by atoms with Crippen LogP contribution in [0.1, 0.15) is 19.4 Å². The van der Waals surface area contributed by atoms with Gasteiger partial charge in [-0.25, -0.2) is 8.42 Å². The number of benzene rings is 2. The Labute approximate surface area is 148 Å². The molecule has 130 valence electrons. The number of nitrogens with zero attached hydrogens (tertiary/aromatic N) is 1. The largest absolute Gasteiger partial charge is 0.495 e. The van der Waals surface area contributed by atoms with Gasteiger partial charge >= 0.3 is 0 Å². The summed E-state index contributed by atoms with van der Waals surface area (Å²) in [5.74, 6) is 0.157. The van der Waals surface area contributed by atoms with Crippen LogP contribution in [0.4, 0.5) is 5.69 Å². The minimum atomic E-state index is -3.86. The average Bonchev–Trinajstić information content (AvgIpc) is 2.56. The van der Waals surface area contributed by atoms with Crippen molar-refractivity contribution in [3.8, 4) is 5.75 Å². The zero-order valence-corrected chi connectivity index (χ0v) is 15.6. The van der Waals surface area contributed by atoms with E-state index in [1.165, 1.54) is 30.6 Å². The molecule has 0 bridgehead atoms. The van der Waals surface area contributed by atoms with Gasteiger partial charge in [0.15, 0.2) is 0 Å². The van der Waals surface area contributed by atoms with Crippen molar-refractivity contribution >= 4 is 27.3 Å². The standard InChI is InChI=1S/C17H21ClN2O3S/c1-17(2,12-8-6-5-7-9-12)20(3)24(21,22)16-11-14(19)13(18)10-15(16)23-4/h5-11H,19H2,1-4H3. The summed E-state index contributed by atoms with van der Waals surface area (Å²) in [6.45, 7) is 3.68. The van der Waals surface area contributed by atoms with Crippen LogP contribution < -0.4 is 10.5 Å². The first-order valence-corrected chi connectivity index (χ1v) is 9.11. The van der Waals surface area contributed by atoms with E-state index in [9.17, 15) is 8.42 Å². The van der Waals surface area contributed by atoms with Gasteiger partial charge in [0.2, 0.25) is 10.0 Å². The molecule has 5 nitrogen and oxygen atoms in total. The number of anilines is 1. The third-order valence-electron chi connectivity index (χ3n) is 4.19. The molecule has 2 rings (SSSR count). The summed E-state index contributed by atoms with van der Waals surface area (Å²) in [5.41, 5.74) is 6.08. The van der Waals surface area contributed by atoms with Gasteiger partial charge in [0.25, 0.3) is 0 Å². The van der Waals surface area contributed by atoms with E-state index in [0.29, 0.717) is 0 Å². The molecule has 2 N–H and O–H groups in total. The minimum Gasteiger partial charge on any atom is -0.495 e. The quantitative estimate of drug-likeness (QED) is 0.820. The lowest BCUT2D eigenvalue weighted by atomic mass is 9.95. The highest BCUT2D eigenvalue weighted by Gasteiger charge is 2.37. The zero-order valence-electron chi connectivity index (χ0n) is 14.1. The van der Waals surface area contributed by atoms with Gasteiger partial charge in [0.1, 0.15) is 10.6 Å². The second-order valence-electron chi connectivity index (χ2n) is 5.92. The molecule has 7 heteroatoms. The lowest BCUT2D eigenvalue weighted by Crippen LogP contribution is -2.42. The van der Waals surface area contributed by atoms with E-state index in [-0.39, 0.29) is 21.4 Å². The first-order chi connectivity index (χ1) is 11.1. The molecule has 0 fully saturated rings. The van der Waals surface area contributed by atoms with Gasteiger partial charge in [-0.3, -0.25) is 0 Å². The first kappa shape index (κ1) is 18.6. The number of nitrogens with two attached hydrogens (primary N) is 1. The van der Waals surface area contributed by atoms with Crippen molar-refractivity contribution in [2.45, 2.75) is 24.3 Å². The molecule has 0 atom stereocenters. The third kappa shape index (κ3) is 3.22. The minimum absolute atomic E-state index is 0.0154. The van der Waals surface area contributed by atoms with E-state index in [4.69, 9.17) is 22.1 Å². The summed E-state index contributed by atoms with van der Waals surface area (Å²) in [5, 5.41) is 0.246. The third-order valence-corrected chi connectivity index (χ3v) is 6.57. The van der Waals surface area contributed by atoms with Gasteiger partial charge in [-0.05, 0) is 25.5 Å². The molecule has 0 saturated heterocycles. The summed E-state index contributed by atoms with van der Waals surface area (Å²) < 4.78 is 32.8. The molecule has 0 saturated carbocycles. The van der Waals surface area contributed by atoms with Crippen LogP contribution in [-0.4, -0.2) is 26.9 Å². The van der Waals surface area contributed by atoms with Crippen LogP contribution in [0.2, 0.25) is 5.02 Å².